The number of fused-ring (bicyclic) bond motifs is 1. The number of carbonyl (C=O) groups excluding carboxylic acids is 1. The zero-order chi connectivity index (χ0) is 24.9. The topological polar surface area (TPSA) is 70.4 Å². The van der Waals surface area contributed by atoms with Gasteiger partial charge in [0.25, 0.3) is 5.91 Å². The fourth-order valence-electron chi connectivity index (χ4n) is 3.89. The molecule has 0 saturated heterocycles. The van der Waals surface area contributed by atoms with Gasteiger partial charge < -0.3 is 14.6 Å². The highest BCUT2D eigenvalue weighted by Gasteiger charge is 2.12. The predicted octanol–water partition coefficient (Wildman–Crippen LogP) is 6.59. The monoisotopic (exact) mass is 486 g/mol. The Bertz CT molecular complexity index is 1320. The molecule has 0 atom stereocenters. The van der Waals surface area contributed by atoms with Gasteiger partial charge in [-0.2, -0.15) is 0 Å². The van der Waals surface area contributed by atoms with Crippen molar-refractivity contribution in [2.24, 2.45) is 0 Å². The van der Waals surface area contributed by atoms with E-state index in [1.807, 2.05) is 54.6 Å². The van der Waals surface area contributed by atoms with Crippen LogP contribution >= 0.6 is 12.2 Å². The normalized spacial score (nSPS) is 11.0. The van der Waals surface area contributed by atoms with E-state index in [1.54, 1.807) is 0 Å². The second-order valence-electron chi connectivity index (χ2n) is 8.61. The summed E-state index contributed by atoms with van der Waals surface area (Å²) in [4.78, 5) is 19.5. The van der Waals surface area contributed by atoms with Crippen molar-refractivity contribution >= 4 is 45.7 Å². The van der Waals surface area contributed by atoms with E-state index in [1.165, 1.54) is 11.3 Å². The quantitative estimate of drug-likeness (QED) is 0.287. The van der Waals surface area contributed by atoms with Crippen LogP contribution in [0.4, 0.5) is 11.4 Å². The molecule has 0 aliphatic rings. The van der Waals surface area contributed by atoms with Gasteiger partial charge in [0.2, 0.25) is 5.89 Å². The van der Waals surface area contributed by atoms with Crippen LogP contribution in [0.15, 0.2) is 71.1 Å². The third kappa shape index (κ3) is 5.69. The van der Waals surface area contributed by atoms with Gasteiger partial charge in [0.1, 0.15) is 5.52 Å². The summed E-state index contributed by atoms with van der Waals surface area (Å²) in [5, 5.41) is 6.01. The maximum atomic E-state index is 12.5. The van der Waals surface area contributed by atoms with E-state index in [0.29, 0.717) is 28.5 Å². The van der Waals surface area contributed by atoms with Crippen molar-refractivity contribution in [2.45, 2.75) is 33.6 Å². The number of hydrogen-bond donors (Lipinski definition) is 2. The van der Waals surface area contributed by atoms with Crippen molar-refractivity contribution in [2.75, 3.05) is 23.3 Å². The molecule has 1 amide bonds. The molecule has 0 fully saturated rings. The Kier molecular flexibility index (Phi) is 7.46. The van der Waals surface area contributed by atoms with Crippen LogP contribution in [0.3, 0.4) is 0 Å². The molecule has 0 bridgehead atoms. The van der Waals surface area contributed by atoms with Gasteiger partial charge in [-0.1, -0.05) is 26.0 Å². The van der Waals surface area contributed by atoms with E-state index in [2.05, 4.69) is 60.3 Å². The van der Waals surface area contributed by atoms with E-state index in [-0.39, 0.29) is 11.0 Å². The summed E-state index contributed by atoms with van der Waals surface area (Å²) in [6.07, 6.45) is 0. The van der Waals surface area contributed by atoms with Gasteiger partial charge in [0, 0.05) is 35.6 Å². The third-order valence-corrected chi connectivity index (χ3v) is 6.16. The summed E-state index contributed by atoms with van der Waals surface area (Å²) in [6, 6.07) is 21.3. The first-order chi connectivity index (χ1) is 16.9. The molecule has 6 nitrogen and oxygen atoms in total. The van der Waals surface area contributed by atoms with Crippen molar-refractivity contribution < 1.29 is 9.21 Å². The van der Waals surface area contributed by atoms with E-state index in [4.69, 9.17) is 16.6 Å². The largest absolute Gasteiger partial charge is 0.436 e. The van der Waals surface area contributed by atoms with Gasteiger partial charge in [0.05, 0.1) is 0 Å². The van der Waals surface area contributed by atoms with Crippen LogP contribution in [0.2, 0.25) is 0 Å². The van der Waals surface area contributed by atoms with Crippen molar-refractivity contribution in [3.05, 3.63) is 77.9 Å². The molecule has 0 radical (unpaired) electrons. The lowest BCUT2D eigenvalue weighted by Crippen LogP contribution is -2.34. The van der Waals surface area contributed by atoms with Gasteiger partial charge >= 0.3 is 0 Å². The van der Waals surface area contributed by atoms with E-state index in [9.17, 15) is 4.79 Å². The molecule has 1 aromatic heterocycles. The van der Waals surface area contributed by atoms with Crippen LogP contribution in [0, 0.1) is 0 Å². The molecule has 180 valence electrons. The number of nitrogens with zero attached hydrogens (tertiary/aromatic N) is 2. The highest BCUT2D eigenvalue weighted by Crippen LogP contribution is 2.28. The first-order valence-electron chi connectivity index (χ1n) is 11.9. The van der Waals surface area contributed by atoms with Gasteiger partial charge in [-0.15, -0.1) is 0 Å². The second kappa shape index (κ2) is 10.7. The number of hydrogen-bond acceptors (Lipinski definition) is 5. The van der Waals surface area contributed by atoms with Crippen LogP contribution in [0.25, 0.3) is 22.6 Å². The summed E-state index contributed by atoms with van der Waals surface area (Å²) in [5.41, 5.74) is 5.93. The van der Waals surface area contributed by atoms with Crippen molar-refractivity contribution in [3.8, 4) is 11.5 Å². The lowest BCUT2D eigenvalue weighted by Gasteiger charge is -2.20. The van der Waals surface area contributed by atoms with Crippen molar-refractivity contribution in [1.29, 1.82) is 0 Å². The Morgan fingerprint density at radius 3 is 2.31 bits per heavy atom. The number of nitrogens with one attached hydrogen (secondary N) is 2. The molecular formula is C28H30N4O2S. The molecule has 4 aromatic rings. The molecule has 4 rings (SSSR count). The van der Waals surface area contributed by atoms with E-state index >= 15 is 0 Å². The molecule has 0 unspecified atom stereocenters. The van der Waals surface area contributed by atoms with Crippen LogP contribution in [-0.4, -0.2) is 29.1 Å². The zero-order valence-corrected chi connectivity index (χ0v) is 21.3. The molecule has 0 saturated carbocycles. The number of anilines is 2. The van der Waals surface area contributed by atoms with Crippen molar-refractivity contribution in [1.82, 2.24) is 10.3 Å². The van der Waals surface area contributed by atoms with Crippen molar-refractivity contribution in [3.63, 3.8) is 0 Å². The molecular weight excluding hydrogens is 456 g/mol. The van der Waals surface area contributed by atoms with E-state index in [0.717, 1.165) is 24.3 Å². The average Bonchev–Trinajstić information content (AvgIpc) is 3.28. The fourth-order valence-corrected chi connectivity index (χ4v) is 4.10. The zero-order valence-electron chi connectivity index (χ0n) is 20.5. The average molecular weight is 487 g/mol. The molecule has 35 heavy (non-hydrogen) atoms. The maximum absolute atomic E-state index is 12.5. The Morgan fingerprint density at radius 1 is 1.00 bits per heavy atom. The van der Waals surface area contributed by atoms with Crippen LogP contribution in [0.5, 0.6) is 0 Å². The first kappa shape index (κ1) is 24.4. The van der Waals surface area contributed by atoms with Gasteiger partial charge in [0.15, 0.2) is 10.7 Å². The molecule has 7 heteroatoms. The lowest BCUT2D eigenvalue weighted by atomic mass is 10.0. The van der Waals surface area contributed by atoms with Gasteiger partial charge in [-0.25, -0.2) is 4.98 Å². The number of carbonyl (C=O) groups is 1. The number of amides is 1. The predicted molar refractivity (Wildman–Crippen MR) is 147 cm³/mol. The minimum Gasteiger partial charge on any atom is -0.436 e. The number of rotatable bonds is 7. The Labute approximate surface area is 211 Å². The minimum absolute atomic E-state index is 0.220. The van der Waals surface area contributed by atoms with Crippen LogP contribution in [-0.2, 0) is 0 Å². The Balaban J connectivity index is 1.43. The minimum atomic E-state index is -0.254. The number of oxazole rings is 1. The standard InChI is InChI=1S/C28H30N4O2S/c1-5-32(6-2)23-14-11-21(12-15-23)27-30-24-17-22(13-16-25(24)34-27)29-28(35)31-26(33)20-9-7-19(8-10-20)18(3)4/h7-18H,5-6H2,1-4H3,(H2,29,31,33,35). The number of benzene rings is 3. The molecule has 0 aliphatic carbocycles. The Morgan fingerprint density at radius 2 is 1.69 bits per heavy atom. The highest BCUT2D eigenvalue weighted by atomic mass is 32.1. The Hall–Kier alpha value is -3.71. The maximum Gasteiger partial charge on any atom is 0.257 e. The first-order valence-corrected chi connectivity index (χ1v) is 12.3. The second-order valence-corrected chi connectivity index (χ2v) is 9.01. The third-order valence-electron chi connectivity index (χ3n) is 5.95. The number of aromatic nitrogens is 1. The van der Waals surface area contributed by atoms with Crippen LogP contribution < -0.4 is 15.5 Å². The molecule has 0 spiro atoms. The summed E-state index contributed by atoms with van der Waals surface area (Å²) in [5.74, 6) is 0.716. The highest BCUT2D eigenvalue weighted by molar-refractivity contribution is 7.80. The van der Waals surface area contributed by atoms with Gasteiger partial charge in [-0.05, 0) is 92.1 Å². The van der Waals surface area contributed by atoms with E-state index < -0.39 is 0 Å². The lowest BCUT2D eigenvalue weighted by molar-refractivity contribution is 0.0977. The SMILES string of the molecule is CCN(CC)c1ccc(-c2nc3cc(NC(=S)NC(=O)c4ccc(C(C)C)cc4)ccc3o2)cc1. The molecule has 1 heterocycles. The smallest absolute Gasteiger partial charge is 0.257 e. The summed E-state index contributed by atoms with van der Waals surface area (Å²) in [6.45, 7) is 10.4. The summed E-state index contributed by atoms with van der Waals surface area (Å²) in [7, 11) is 0. The molecule has 0 aliphatic heterocycles. The summed E-state index contributed by atoms with van der Waals surface area (Å²) >= 11 is 5.35. The fraction of sp³-hybridized carbons (Fsp3) is 0.250. The molecule has 3 aromatic carbocycles. The molecule has 2 N–H and O–H groups in total. The van der Waals surface area contributed by atoms with Crippen LogP contribution in [0.1, 0.15) is 49.5 Å². The number of thiocarbonyl (C=S) groups is 1. The van der Waals surface area contributed by atoms with Gasteiger partial charge in [-0.3, -0.25) is 10.1 Å². The summed E-state index contributed by atoms with van der Waals surface area (Å²) < 4.78 is 5.96.